The number of nitriles is 1. The van der Waals surface area contributed by atoms with Gasteiger partial charge in [-0.3, -0.25) is 9.69 Å². The molecule has 2 aromatic rings. The van der Waals surface area contributed by atoms with E-state index in [2.05, 4.69) is 22.8 Å². The Labute approximate surface area is 128 Å². The first-order chi connectivity index (χ1) is 10.2. The Morgan fingerprint density at radius 2 is 2.14 bits per heavy atom. The molecule has 0 saturated heterocycles. The van der Waals surface area contributed by atoms with Crippen molar-refractivity contribution in [1.82, 2.24) is 4.90 Å². The molecule has 1 amide bonds. The average molecular weight is 299 g/mol. The van der Waals surface area contributed by atoms with Crippen LogP contribution in [0.4, 0.5) is 5.69 Å². The van der Waals surface area contributed by atoms with Gasteiger partial charge in [0.2, 0.25) is 5.91 Å². The number of likely N-dealkylation sites (N-methyl/N-ethyl adjacent to an activating group) is 1. The van der Waals surface area contributed by atoms with E-state index in [0.29, 0.717) is 17.8 Å². The zero-order valence-electron chi connectivity index (χ0n) is 11.9. The van der Waals surface area contributed by atoms with Crippen LogP contribution in [0.3, 0.4) is 0 Å². The van der Waals surface area contributed by atoms with Crippen LogP contribution in [0.15, 0.2) is 41.8 Å². The maximum Gasteiger partial charge on any atom is 0.238 e. The zero-order chi connectivity index (χ0) is 15.1. The summed E-state index contributed by atoms with van der Waals surface area (Å²) < 4.78 is 0. The van der Waals surface area contributed by atoms with Gasteiger partial charge >= 0.3 is 0 Å². The molecule has 0 bridgehead atoms. The molecule has 0 radical (unpaired) electrons. The van der Waals surface area contributed by atoms with Crippen LogP contribution in [-0.2, 0) is 11.2 Å². The summed E-state index contributed by atoms with van der Waals surface area (Å²) in [6.07, 6.45) is 0.941. The van der Waals surface area contributed by atoms with Crippen molar-refractivity contribution in [3.8, 4) is 6.07 Å². The number of para-hydroxylation sites is 1. The van der Waals surface area contributed by atoms with Crippen LogP contribution in [0.2, 0.25) is 0 Å². The Bertz CT molecular complexity index is 631. The van der Waals surface area contributed by atoms with Crippen LogP contribution >= 0.6 is 11.3 Å². The lowest BCUT2D eigenvalue weighted by atomic mass is 10.2. The Morgan fingerprint density at radius 3 is 2.86 bits per heavy atom. The Morgan fingerprint density at radius 1 is 1.33 bits per heavy atom. The van der Waals surface area contributed by atoms with Gasteiger partial charge in [-0.05, 0) is 37.0 Å². The van der Waals surface area contributed by atoms with E-state index in [-0.39, 0.29) is 5.91 Å². The van der Waals surface area contributed by atoms with Gasteiger partial charge in [-0.2, -0.15) is 5.26 Å². The summed E-state index contributed by atoms with van der Waals surface area (Å²) in [6.45, 7) is 1.14. The molecule has 0 aliphatic rings. The van der Waals surface area contributed by atoms with Gasteiger partial charge in [0.25, 0.3) is 0 Å². The molecular formula is C16H17N3OS. The third-order valence-corrected chi connectivity index (χ3v) is 3.99. The van der Waals surface area contributed by atoms with E-state index in [0.717, 1.165) is 13.0 Å². The lowest BCUT2D eigenvalue weighted by molar-refractivity contribution is -0.117. The Balaban J connectivity index is 1.82. The van der Waals surface area contributed by atoms with Crippen LogP contribution in [0.1, 0.15) is 10.4 Å². The van der Waals surface area contributed by atoms with Gasteiger partial charge in [0.1, 0.15) is 6.07 Å². The van der Waals surface area contributed by atoms with E-state index in [9.17, 15) is 4.79 Å². The molecule has 0 aliphatic carbocycles. The van der Waals surface area contributed by atoms with E-state index in [4.69, 9.17) is 5.26 Å². The number of thiophene rings is 1. The van der Waals surface area contributed by atoms with Crippen molar-refractivity contribution in [2.75, 3.05) is 25.5 Å². The minimum absolute atomic E-state index is 0.105. The summed E-state index contributed by atoms with van der Waals surface area (Å²) >= 11 is 1.73. The van der Waals surface area contributed by atoms with Crippen molar-refractivity contribution in [2.45, 2.75) is 6.42 Å². The predicted molar refractivity (Wildman–Crippen MR) is 85.3 cm³/mol. The number of carbonyl (C=O) groups is 1. The summed E-state index contributed by atoms with van der Waals surface area (Å²) in [5.74, 6) is -0.105. The van der Waals surface area contributed by atoms with E-state index in [1.54, 1.807) is 35.6 Å². The van der Waals surface area contributed by atoms with Crippen molar-refractivity contribution in [2.24, 2.45) is 0 Å². The van der Waals surface area contributed by atoms with Crippen LogP contribution in [-0.4, -0.2) is 30.9 Å². The quantitative estimate of drug-likeness (QED) is 0.892. The molecular weight excluding hydrogens is 282 g/mol. The van der Waals surface area contributed by atoms with Crippen molar-refractivity contribution in [1.29, 1.82) is 5.26 Å². The van der Waals surface area contributed by atoms with E-state index < -0.39 is 0 Å². The number of nitrogens with zero attached hydrogens (tertiary/aromatic N) is 2. The second-order valence-corrected chi connectivity index (χ2v) is 5.80. The number of benzene rings is 1. The first kappa shape index (κ1) is 15.2. The van der Waals surface area contributed by atoms with Gasteiger partial charge in [0, 0.05) is 11.4 Å². The normalized spacial score (nSPS) is 10.3. The van der Waals surface area contributed by atoms with E-state index >= 15 is 0 Å². The third-order valence-electron chi connectivity index (χ3n) is 3.06. The molecule has 1 heterocycles. The molecule has 2 rings (SSSR count). The number of rotatable bonds is 6. The van der Waals surface area contributed by atoms with E-state index in [1.807, 2.05) is 18.0 Å². The van der Waals surface area contributed by atoms with Gasteiger partial charge in [-0.25, -0.2) is 0 Å². The van der Waals surface area contributed by atoms with Crippen LogP contribution < -0.4 is 5.32 Å². The maximum atomic E-state index is 12.0. The zero-order valence-corrected chi connectivity index (χ0v) is 12.7. The van der Waals surface area contributed by atoms with Crippen molar-refractivity contribution in [3.63, 3.8) is 0 Å². The van der Waals surface area contributed by atoms with Gasteiger partial charge in [-0.15, -0.1) is 11.3 Å². The van der Waals surface area contributed by atoms with Crippen LogP contribution in [0.5, 0.6) is 0 Å². The molecule has 0 spiro atoms. The highest BCUT2D eigenvalue weighted by atomic mass is 32.1. The molecule has 0 unspecified atom stereocenters. The highest BCUT2D eigenvalue weighted by molar-refractivity contribution is 7.09. The number of nitrogens with one attached hydrogen (secondary N) is 1. The fourth-order valence-corrected chi connectivity index (χ4v) is 2.66. The molecule has 1 N–H and O–H groups in total. The second-order valence-electron chi connectivity index (χ2n) is 4.77. The van der Waals surface area contributed by atoms with Gasteiger partial charge in [0.05, 0.1) is 17.8 Å². The Hall–Kier alpha value is -2.16. The van der Waals surface area contributed by atoms with Crippen LogP contribution in [0.25, 0.3) is 0 Å². The maximum absolute atomic E-state index is 12.0. The summed E-state index contributed by atoms with van der Waals surface area (Å²) in [6, 6.07) is 13.2. The molecule has 21 heavy (non-hydrogen) atoms. The molecule has 0 aliphatic heterocycles. The second kappa shape index (κ2) is 7.58. The summed E-state index contributed by atoms with van der Waals surface area (Å²) in [4.78, 5) is 15.3. The Kier molecular flexibility index (Phi) is 5.50. The van der Waals surface area contributed by atoms with Crippen molar-refractivity contribution in [3.05, 3.63) is 52.2 Å². The minimum Gasteiger partial charge on any atom is -0.324 e. The molecule has 4 nitrogen and oxygen atoms in total. The first-order valence-electron chi connectivity index (χ1n) is 6.69. The monoisotopic (exact) mass is 299 g/mol. The van der Waals surface area contributed by atoms with Crippen molar-refractivity contribution >= 4 is 22.9 Å². The lowest BCUT2D eigenvalue weighted by Gasteiger charge is -2.16. The van der Waals surface area contributed by atoms with E-state index in [1.165, 1.54) is 4.88 Å². The minimum atomic E-state index is -0.105. The van der Waals surface area contributed by atoms with Crippen LogP contribution in [0, 0.1) is 11.3 Å². The average Bonchev–Trinajstić information content (AvgIpc) is 2.99. The fourth-order valence-electron chi connectivity index (χ4n) is 1.96. The largest absolute Gasteiger partial charge is 0.324 e. The summed E-state index contributed by atoms with van der Waals surface area (Å²) in [7, 11) is 1.92. The number of hydrogen-bond donors (Lipinski definition) is 1. The molecule has 0 atom stereocenters. The molecule has 1 aromatic carbocycles. The smallest absolute Gasteiger partial charge is 0.238 e. The van der Waals surface area contributed by atoms with Gasteiger partial charge < -0.3 is 5.32 Å². The number of anilines is 1. The topological polar surface area (TPSA) is 56.1 Å². The fraction of sp³-hybridized carbons (Fsp3) is 0.250. The highest BCUT2D eigenvalue weighted by Gasteiger charge is 2.09. The number of carbonyl (C=O) groups excluding carboxylic acids is 1. The standard InChI is InChI=1S/C16H17N3OS/c1-19(9-8-14-6-4-10-21-14)12-16(20)18-15-7-3-2-5-13(15)11-17/h2-7,10H,8-9,12H2,1H3,(H,18,20). The van der Waals surface area contributed by atoms with Gasteiger partial charge in [-0.1, -0.05) is 18.2 Å². The molecule has 1 aromatic heterocycles. The predicted octanol–water partition coefficient (Wildman–Crippen LogP) is 2.73. The molecule has 108 valence electrons. The van der Waals surface area contributed by atoms with Crippen molar-refractivity contribution < 1.29 is 4.79 Å². The summed E-state index contributed by atoms with van der Waals surface area (Å²) in [5.41, 5.74) is 1.05. The number of amides is 1. The molecule has 0 fully saturated rings. The van der Waals surface area contributed by atoms with Gasteiger partial charge in [0.15, 0.2) is 0 Å². The highest BCUT2D eigenvalue weighted by Crippen LogP contribution is 2.13. The molecule has 0 saturated carbocycles. The lowest BCUT2D eigenvalue weighted by Crippen LogP contribution is -2.31. The number of hydrogen-bond acceptors (Lipinski definition) is 4. The SMILES string of the molecule is CN(CCc1cccs1)CC(=O)Nc1ccccc1C#N. The molecule has 5 heteroatoms. The first-order valence-corrected chi connectivity index (χ1v) is 7.57. The summed E-state index contributed by atoms with van der Waals surface area (Å²) in [5, 5.41) is 13.8. The third kappa shape index (κ3) is 4.71.